The summed E-state index contributed by atoms with van der Waals surface area (Å²) < 4.78 is 5.74. The summed E-state index contributed by atoms with van der Waals surface area (Å²) in [6.07, 6.45) is 9.53. The van der Waals surface area contributed by atoms with Crippen molar-refractivity contribution in [1.29, 1.82) is 0 Å². The van der Waals surface area contributed by atoms with Crippen LogP contribution in [-0.4, -0.2) is 41.5 Å². The molecule has 5 nitrogen and oxygen atoms in total. The van der Waals surface area contributed by atoms with Gasteiger partial charge in [-0.2, -0.15) is 0 Å². The molecule has 0 saturated heterocycles. The summed E-state index contributed by atoms with van der Waals surface area (Å²) in [5.41, 5.74) is 1.99. The van der Waals surface area contributed by atoms with Crippen LogP contribution in [0.4, 0.5) is 0 Å². The molecule has 142 valence electrons. The predicted octanol–water partition coefficient (Wildman–Crippen LogP) is 3.27. The van der Waals surface area contributed by atoms with Crippen molar-refractivity contribution >= 4 is 12.0 Å². The van der Waals surface area contributed by atoms with Crippen LogP contribution in [0.25, 0.3) is 6.08 Å². The fourth-order valence-corrected chi connectivity index (χ4v) is 2.92. The Bertz CT molecular complexity index is 740. The Balaban J connectivity index is 1.39. The lowest BCUT2D eigenvalue weighted by molar-refractivity contribution is -0.116. The first-order valence-electron chi connectivity index (χ1n) is 9.56. The second-order valence-electron chi connectivity index (χ2n) is 6.70. The highest BCUT2D eigenvalue weighted by molar-refractivity contribution is 5.91. The monoisotopic (exact) mass is 365 g/mol. The van der Waals surface area contributed by atoms with Gasteiger partial charge in [-0.15, -0.1) is 0 Å². The van der Waals surface area contributed by atoms with E-state index in [0.29, 0.717) is 13.2 Å². The molecular formula is C22H27N3O2. The standard InChI is InChI=1S/C22H27N3O2/c1-2-25(20-8-9-20)15-14-24-22(26)12-7-18-5-10-21(11-6-18)27-17-19-4-3-13-23-16-19/h3-7,10-13,16,20H,2,8-9,14-15,17H2,1H3,(H,24,26). The Morgan fingerprint density at radius 3 is 2.78 bits per heavy atom. The third-order valence-corrected chi connectivity index (χ3v) is 4.60. The molecule has 1 N–H and O–H groups in total. The van der Waals surface area contributed by atoms with Gasteiger partial charge in [-0.3, -0.25) is 14.7 Å². The van der Waals surface area contributed by atoms with Crippen LogP contribution in [0.5, 0.6) is 5.75 Å². The van der Waals surface area contributed by atoms with Gasteiger partial charge < -0.3 is 10.1 Å². The van der Waals surface area contributed by atoms with Gasteiger partial charge in [-0.1, -0.05) is 25.1 Å². The zero-order valence-electron chi connectivity index (χ0n) is 15.8. The van der Waals surface area contributed by atoms with E-state index in [9.17, 15) is 4.79 Å². The van der Waals surface area contributed by atoms with Gasteiger partial charge in [0, 0.05) is 43.2 Å². The first-order chi connectivity index (χ1) is 13.2. The van der Waals surface area contributed by atoms with Gasteiger partial charge in [0.2, 0.25) is 5.91 Å². The third-order valence-electron chi connectivity index (χ3n) is 4.60. The average Bonchev–Trinajstić information content (AvgIpc) is 3.55. The topological polar surface area (TPSA) is 54.5 Å². The molecule has 1 aromatic heterocycles. The van der Waals surface area contributed by atoms with Crippen LogP contribution in [0.1, 0.15) is 30.9 Å². The molecule has 1 saturated carbocycles. The molecule has 1 aliphatic rings. The van der Waals surface area contributed by atoms with Crippen LogP contribution in [-0.2, 0) is 11.4 Å². The Labute approximate surface area is 161 Å². The summed E-state index contributed by atoms with van der Waals surface area (Å²) in [7, 11) is 0. The minimum Gasteiger partial charge on any atom is -0.489 e. The molecule has 1 aliphatic carbocycles. The molecule has 0 atom stereocenters. The molecule has 3 rings (SSSR count). The Hall–Kier alpha value is -2.66. The average molecular weight is 365 g/mol. The summed E-state index contributed by atoms with van der Waals surface area (Å²) in [6, 6.07) is 12.3. The largest absolute Gasteiger partial charge is 0.489 e. The van der Waals surface area contributed by atoms with E-state index in [4.69, 9.17) is 4.74 Å². The van der Waals surface area contributed by atoms with Crippen molar-refractivity contribution in [2.45, 2.75) is 32.4 Å². The molecule has 0 bridgehead atoms. The quantitative estimate of drug-likeness (QED) is 0.657. The van der Waals surface area contributed by atoms with Crippen molar-refractivity contribution in [2.24, 2.45) is 0 Å². The molecule has 0 unspecified atom stereocenters. The van der Waals surface area contributed by atoms with Gasteiger partial charge >= 0.3 is 0 Å². The van der Waals surface area contributed by atoms with E-state index in [-0.39, 0.29) is 5.91 Å². The summed E-state index contributed by atoms with van der Waals surface area (Å²) >= 11 is 0. The van der Waals surface area contributed by atoms with E-state index in [2.05, 4.69) is 22.1 Å². The minimum atomic E-state index is -0.0567. The molecule has 0 aliphatic heterocycles. The van der Waals surface area contributed by atoms with Crippen LogP contribution >= 0.6 is 0 Å². The number of carbonyl (C=O) groups excluding carboxylic acids is 1. The maximum Gasteiger partial charge on any atom is 0.244 e. The number of carbonyl (C=O) groups is 1. The fourth-order valence-electron chi connectivity index (χ4n) is 2.92. The maximum atomic E-state index is 12.0. The van der Waals surface area contributed by atoms with Gasteiger partial charge in [-0.25, -0.2) is 0 Å². The number of likely N-dealkylation sites (N-methyl/N-ethyl adjacent to an activating group) is 1. The smallest absolute Gasteiger partial charge is 0.244 e. The molecule has 1 aromatic carbocycles. The predicted molar refractivity (Wildman–Crippen MR) is 107 cm³/mol. The molecule has 1 amide bonds. The highest BCUT2D eigenvalue weighted by Gasteiger charge is 2.27. The number of amides is 1. The lowest BCUT2D eigenvalue weighted by Gasteiger charge is -2.19. The molecule has 5 heteroatoms. The van der Waals surface area contributed by atoms with Gasteiger partial charge in [-0.05, 0) is 49.2 Å². The molecule has 2 aromatic rings. The zero-order valence-corrected chi connectivity index (χ0v) is 15.8. The van der Waals surface area contributed by atoms with Crippen LogP contribution in [0, 0.1) is 0 Å². The number of ether oxygens (including phenoxy) is 1. The number of aromatic nitrogens is 1. The van der Waals surface area contributed by atoms with E-state index in [1.54, 1.807) is 18.5 Å². The molecular weight excluding hydrogens is 338 g/mol. The van der Waals surface area contributed by atoms with Crippen molar-refractivity contribution in [3.05, 3.63) is 66.0 Å². The van der Waals surface area contributed by atoms with Crippen molar-refractivity contribution < 1.29 is 9.53 Å². The highest BCUT2D eigenvalue weighted by Crippen LogP contribution is 2.25. The second kappa shape index (κ2) is 9.88. The molecule has 0 spiro atoms. The summed E-state index contributed by atoms with van der Waals surface area (Å²) in [4.78, 5) is 18.4. The number of rotatable bonds is 10. The van der Waals surface area contributed by atoms with Gasteiger partial charge in [0.1, 0.15) is 12.4 Å². The molecule has 27 heavy (non-hydrogen) atoms. The van der Waals surface area contributed by atoms with Gasteiger partial charge in [0.25, 0.3) is 0 Å². The first-order valence-corrected chi connectivity index (χ1v) is 9.56. The molecule has 0 radical (unpaired) electrons. The maximum absolute atomic E-state index is 12.0. The van der Waals surface area contributed by atoms with Crippen LogP contribution in [0.2, 0.25) is 0 Å². The molecule has 1 fully saturated rings. The van der Waals surface area contributed by atoms with Crippen molar-refractivity contribution in [3.63, 3.8) is 0 Å². The lowest BCUT2D eigenvalue weighted by Crippen LogP contribution is -2.35. The normalized spacial score (nSPS) is 13.9. The van der Waals surface area contributed by atoms with Crippen LogP contribution < -0.4 is 10.1 Å². The van der Waals surface area contributed by atoms with Gasteiger partial charge in [0.05, 0.1) is 0 Å². The SMILES string of the molecule is CCN(CCNC(=O)C=Cc1ccc(OCc2cccnc2)cc1)C1CC1. The second-order valence-corrected chi connectivity index (χ2v) is 6.70. The summed E-state index contributed by atoms with van der Waals surface area (Å²) in [5, 5.41) is 2.95. The lowest BCUT2D eigenvalue weighted by atomic mass is 10.2. The third kappa shape index (κ3) is 6.53. The van der Waals surface area contributed by atoms with Crippen LogP contribution in [0.3, 0.4) is 0 Å². The Morgan fingerprint density at radius 2 is 2.11 bits per heavy atom. The number of pyridine rings is 1. The van der Waals surface area contributed by atoms with Crippen molar-refractivity contribution in [1.82, 2.24) is 15.2 Å². The Morgan fingerprint density at radius 1 is 1.30 bits per heavy atom. The number of benzene rings is 1. The number of hydrogen-bond acceptors (Lipinski definition) is 4. The van der Waals surface area contributed by atoms with Gasteiger partial charge in [0.15, 0.2) is 0 Å². The Kier molecular flexibility index (Phi) is 6.99. The first kappa shape index (κ1) is 19.1. The summed E-state index contributed by atoms with van der Waals surface area (Å²) in [5.74, 6) is 0.735. The van der Waals surface area contributed by atoms with E-state index in [1.165, 1.54) is 12.8 Å². The van der Waals surface area contributed by atoms with Crippen LogP contribution in [0.15, 0.2) is 54.9 Å². The van der Waals surface area contributed by atoms with E-state index >= 15 is 0 Å². The number of nitrogens with zero attached hydrogens (tertiary/aromatic N) is 2. The van der Waals surface area contributed by atoms with Crippen molar-refractivity contribution in [3.8, 4) is 5.75 Å². The van der Waals surface area contributed by atoms with Crippen molar-refractivity contribution in [2.75, 3.05) is 19.6 Å². The minimum absolute atomic E-state index is 0.0567. The molecule has 1 heterocycles. The van der Waals surface area contributed by atoms with E-state index in [1.807, 2.05) is 42.5 Å². The zero-order chi connectivity index (χ0) is 18.9. The van der Waals surface area contributed by atoms with E-state index in [0.717, 1.165) is 36.0 Å². The highest BCUT2D eigenvalue weighted by atomic mass is 16.5. The number of hydrogen-bond donors (Lipinski definition) is 1. The fraction of sp³-hybridized carbons (Fsp3) is 0.364. The van der Waals surface area contributed by atoms with E-state index < -0.39 is 0 Å². The number of nitrogens with one attached hydrogen (secondary N) is 1. The summed E-state index contributed by atoms with van der Waals surface area (Å²) in [6.45, 7) is 5.31.